The van der Waals surface area contributed by atoms with Gasteiger partial charge in [-0.2, -0.15) is 5.10 Å². The van der Waals surface area contributed by atoms with Crippen molar-refractivity contribution in [3.05, 3.63) is 45.3 Å². The van der Waals surface area contributed by atoms with E-state index >= 15 is 0 Å². The molecule has 0 saturated carbocycles. The second-order valence-electron chi connectivity index (χ2n) is 7.76. The zero-order valence-corrected chi connectivity index (χ0v) is 17.7. The highest BCUT2D eigenvalue weighted by Gasteiger charge is 2.26. The van der Waals surface area contributed by atoms with Gasteiger partial charge < -0.3 is 14.5 Å². The lowest BCUT2D eigenvalue weighted by Crippen LogP contribution is -2.49. The molecule has 0 radical (unpaired) electrons. The predicted octanol–water partition coefficient (Wildman–Crippen LogP) is 3.45. The molecule has 2 aromatic rings. The number of hydrazone groups is 1. The number of fused-ring (bicyclic) bond motifs is 1. The number of hydrogen-bond acceptors (Lipinski definition) is 6. The van der Waals surface area contributed by atoms with Crippen molar-refractivity contribution in [3.63, 3.8) is 0 Å². The van der Waals surface area contributed by atoms with Gasteiger partial charge in [-0.1, -0.05) is 25.4 Å². The van der Waals surface area contributed by atoms with E-state index in [1.54, 1.807) is 46.8 Å². The Hall–Kier alpha value is -2.87. The molecule has 2 N–H and O–H groups in total. The quantitative estimate of drug-likeness (QED) is 0.567. The molecule has 1 aromatic heterocycles. The molecule has 2 rings (SSSR count). The van der Waals surface area contributed by atoms with Crippen LogP contribution in [0.15, 0.2) is 38.8 Å². The number of nitrogens with one attached hydrogen (secondary N) is 2. The Kier molecular flexibility index (Phi) is 7.02. The summed E-state index contributed by atoms with van der Waals surface area (Å²) in [7, 11) is 0. The molecular weight excluding hydrogens is 398 g/mol. The lowest BCUT2D eigenvalue weighted by molar-refractivity contribution is -0.124. The largest absolute Gasteiger partial charge is 0.463 e. The zero-order valence-electron chi connectivity index (χ0n) is 16.9. The number of carbonyl (C=O) groups excluding carboxylic acids is 2. The maximum atomic E-state index is 12.5. The van der Waals surface area contributed by atoms with Crippen molar-refractivity contribution in [3.8, 4) is 0 Å². The molecule has 0 fully saturated rings. The fourth-order valence-corrected chi connectivity index (χ4v) is 2.58. The molecule has 0 aliphatic carbocycles. The van der Waals surface area contributed by atoms with Crippen molar-refractivity contribution in [2.75, 3.05) is 0 Å². The van der Waals surface area contributed by atoms with E-state index in [9.17, 15) is 14.4 Å². The highest BCUT2D eigenvalue weighted by atomic mass is 35.5. The summed E-state index contributed by atoms with van der Waals surface area (Å²) in [5.74, 6) is -0.763. The van der Waals surface area contributed by atoms with Crippen LogP contribution in [0.1, 0.15) is 40.2 Å². The molecule has 1 heterocycles. The van der Waals surface area contributed by atoms with Crippen molar-refractivity contribution in [1.82, 2.24) is 10.7 Å². The van der Waals surface area contributed by atoms with Gasteiger partial charge in [0.1, 0.15) is 23.5 Å². The first kappa shape index (κ1) is 22.4. The summed E-state index contributed by atoms with van der Waals surface area (Å²) in [5, 5.41) is 7.04. The van der Waals surface area contributed by atoms with Gasteiger partial charge in [-0.15, -0.1) is 0 Å². The first-order valence-corrected chi connectivity index (χ1v) is 9.39. The summed E-state index contributed by atoms with van der Waals surface area (Å²) in [4.78, 5) is 36.8. The smallest absolute Gasteiger partial charge is 0.408 e. The van der Waals surface area contributed by atoms with Crippen molar-refractivity contribution < 1.29 is 18.7 Å². The summed E-state index contributed by atoms with van der Waals surface area (Å²) >= 11 is 5.92. The molecule has 8 nitrogen and oxygen atoms in total. The number of amides is 2. The van der Waals surface area contributed by atoms with Crippen LogP contribution < -0.4 is 16.2 Å². The van der Waals surface area contributed by atoms with Crippen LogP contribution in [0.5, 0.6) is 0 Å². The number of nitrogens with zero attached hydrogens (tertiary/aromatic N) is 1. The van der Waals surface area contributed by atoms with Crippen LogP contribution in [0.25, 0.3) is 11.0 Å². The Balaban J connectivity index is 2.10. The van der Waals surface area contributed by atoms with Crippen molar-refractivity contribution in [2.24, 2.45) is 11.0 Å². The molecule has 0 saturated heterocycles. The Labute approximate surface area is 173 Å². The van der Waals surface area contributed by atoms with E-state index in [0.717, 1.165) is 0 Å². The molecule has 9 heteroatoms. The highest BCUT2D eigenvalue weighted by Crippen LogP contribution is 2.16. The lowest BCUT2D eigenvalue weighted by Gasteiger charge is -2.24. The molecule has 2 amide bonds. The molecule has 0 aliphatic rings. The van der Waals surface area contributed by atoms with E-state index in [-0.39, 0.29) is 16.9 Å². The first-order chi connectivity index (χ1) is 13.5. The summed E-state index contributed by atoms with van der Waals surface area (Å²) in [5.41, 5.74) is 1.83. The monoisotopic (exact) mass is 421 g/mol. The highest BCUT2D eigenvalue weighted by molar-refractivity contribution is 6.31. The van der Waals surface area contributed by atoms with Crippen molar-refractivity contribution in [2.45, 2.75) is 46.3 Å². The number of hydrogen-bond donors (Lipinski definition) is 2. The van der Waals surface area contributed by atoms with Gasteiger partial charge in [0.25, 0.3) is 5.91 Å². The minimum absolute atomic E-state index is 0.140. The Morgan fingerprint density at radius 1 is 1.28 bits per heavy atom. The van der Waals surface area contributed by atoms with Gasteiger partial charge in [0, 0.05) is 5.02 Å². The van der Waals surface area contributed by atoms with E-state index in [1.165, 1.54) is 18.5 Å². The topological polar surface area (TPSA) is 110 Å². The molecular formula is C20H24ClN3O5. The van der Waals surface area contributed by atoms with E-state index in [2.05, 4.69) is 15.8 Å². The van der Waals surface area contributed by atoms with Crippen LogP contribution in [0, 0.1) is 5.92 Å². The normalized spacial score (nSPS) is 12.9. The van der Waals surface area contributed by atoms with Gasteiger partial charge in [-0.3, -0.25) is 9.59 Å². The number of carbonyl (C=O) groups is 2. The second-order valence-corrected chi connectivity index (χ2v) is 8.20. The maximum Gasteiger partial charge on any atom is 0.408 e. The van der Waals surface area contributed by atoms with E-state index < -0.39 is 23.6 Å². The average Bonchev–Trinajstić information content (AvgIpc) is 2.60. The standard InChI is InChI=1S/C20H24ClN3O5/c1-11(2)16(23-19(27)29-20(3,4)5)18(26)24-22-9-12-10-28-15-7-6-13(21)8-14(15)17(12)25/h6-11,16H,1-5H3,(H,23,27)(H,24,26)/b22-9+. The molecule has 0 spiro atoms. The number of ether oxygens (including phenoxy) is 1. The number of rotatable bonds is 5. The fourth-order valence-electron chi connectivity index (χ4n) is 2.41. The van der Waals surface area contributed by atoms with Crippen LogP contribution in [0.2, 0.25) is 5.02 Å². The molecule has 0 bridgehead atoms. The summed E-state index contributed by atoms with van der Waals surface area (Å²) < 4.78 is 10.6. The van der Waals surface area contributed by atoms with E-state index in [0.29, 0.717) is 16.0 Å². The van der Waals surface area contributed by atoms with Gasteiger partial charge in [0.2, 0.25) is 5.43 Å². The van der Waals surface area contributed by atoms with Gasteiger partial charge in [0.15, 0.2) is 0 Å². The number of halogens is 1. The maximum absolute atomic E-state index is 12.5. The third-order valence-corrected chi connectivity index (χ3v) is 4.00. The van der Waals surface area contributed by atoms with E-state index in [1.807, 2.05) is 0 Å². The van der Waals surface area contributed by atoms with Gasteiger partial charge >= 0.3 is 6.09 Å². The minimum Gasteiger partial charge on any atom is -0.463 e. The van der Waals surface area contributed by atoms with E-state index in [4.69, 9.17) is 20.8 Å². The molecule has 0 aliphatic heterocycles. The fraction of sp³-hybridized carbons (Fsp3) is 0.400. The lowest BCUT2D eigenvalue weighted by atomic mass is 10.0. The van der Waals surface area contributed by atoms with Crippen LogP contribution in [-0.4, -0.2) is 29.9 Å². The Morgan fingerprint density at radius 2 is 1.97 bits per heavy atom. The minimum atomic E-state index is -0.867. The second kappa shape index (κ2) is 9.09. The number of alkyl carbamates (subject to hydrolysis) is 1. The van der Waals surface area contributed by atoms with Gasteiger partial charge in [0.05, 0.1) is 17.2 Å². The summed E-state index contributed by atoms with van der Waals surface area (Å²) in [6.45, 7) is 8.72. The third kappa shape index (κ3) is 6.32. The van der Waals surface area contributed by atoms with Crippen LogP contribution >= 0.6 is 11.6 Å². The summed E-state index contributed by atoms with van der Waals surface area (Å²) in [6, 6.07) is 3.84. The zero-order chi connectivity index (χ0) is 21.8. The average molecular weight is 422 g/mol. The molecule has 29 heavy (non-hydrogen) atoms. The molecule has 156 valence electrons. The van der Waals surface area contributed by atoms with Crippen LogP contribution in [0.4, 0.5) is 4.79 Å². The van der Waals surface area contributed by atoms with Crippen molar-refractivity contribution >= 4 is 40.8 Å². The molecule has 1 atom stereocenters. The van der Waals surface area contributed by atoms with Crippen LogP contribution in [-0.2, 0) is 9.53 Å². The first-order valence-electron chi connectivity index (χ1n) is 9.01. The Morgan fingerprint density at radius 3 is 2.59 bits per heavy atom. The third-order valence-electron chi connectivity index (χ3n) is 3.76. The van der Waals surface area contributed by atoms with Gasteiger partial charge in [-0.05, 0) is 44.9 Å². The Bertz CT molecular complexity index is 992. The molecule has 1 aromatic carbocycles. The SMILES string of the molecule is CC(C)C(NC(=O)OC(C)(C)C)C(=O)N/N=C/c1coc2ccc(Cl)cc2c1=O. The predicted molar refractivity (Wildman–Crippen MR) is 111 cm³/mol. The summed E-state index contributed by atoms with van der Waals surface area (Å²) in [6.07, 6.45) is 1.71. The van der Waals surface area contributed by atoms with Gasteiger partial charge in [-0.25, -0.2) is 10.2 Å². The van der Waals surface area contributed by atoms with Crippen LogP contribution in [0.3, 0.4) is 0 Å². The van der Waals surface area contributed by atoms with Crippen molar-refractivity contribution in [1.29, 1.82) is 0 Å². The molecule has 1 unspecified atom stereocenters. The number of benzene rings is 1.